The molecule has 0 bridgehead atoms. The van der Waals surface area contributed by atoms with Crippen LogP contribution in [0.25, 0.3) is 0 Å². The van der Waals surface area contributed by atoms with Crippen molar-refractivity contribution >= 4 is 67.3 Å². The molecule has 0 unspecified atom stereocenters. The van der Waals surface area contributed by atoms with Gasteiger partial charge in [-0.1, -0.05) is 0 Å². The van der Waals surface area contributed by atoms with Crippen molar-refractivity contribution in [3.63, 3.8) is 0 Å². The molecule has 0 heterocycles. The molecule has 0 fully saturated rings. The summed E-state index contributed by atoms with van der Waals surface area (Å²) in [5.74, 6) is -2.65. The van der Waals surface area contributed by atoms with E-state index in [-0.39, 0.29) is 35.4 Å². The number of hydrogen-bond acceptors (Lipinski definition) is 8. The van der Waals surface area contributed by atoms with Gasteiger partial charge in [0, 0.05) is 11.5 Å². The molecule has 0 atom stereocenters. The Hall–Kier alpha value is -0.291. The molecule has 0 radical (unpaired) electrons. The molecule has 0 aromatic rings. The van der Waals surface area contributed by atoms with Crippen molar-refractivity contribution in [1.29, 1.82) is 0 Å². The molecule has 0 aromatic carbocycles. The Balaban J connectivity index is -0.0000000590. The van der Waals surface area contributed by atoms with E-state index in [9.17, 15) is 19.8 Å². The van der Waals surface area contributed by atoms with E-state index in [2.05, 4.69) is 25.3 Å². The third-order valence-electron chi connectivity index (χ3n) is 0.258. The van der Waals surface area contributed by atoms with Crippen molar-refractivity contribution in [2.75, 3.05) is 11.5 Å². The van der Waals surface area contributed by atoms with Crippen LogP contribution in [-0.2, 0) is 9.59 Å². The van der Waals surface area contributed by atoms with Gasteiger partial charge < -0.3 is 34.8 Å². The van der Waals surface area contributed by atoms with Gasteiger partial charge in [-0.3, -0.25) is 0 Å². The third kappa shape index (κ3) is 137. The maximum atomic E-state index is 9.18. The quantitative estimate of drug-likeness (QED) is 0.332. The van der Waals surface area contributed by atoms with E-state index in [4.69, 9.17) is 15.0 Å². The molecule has 0 aliphatic carbocycles. The third-order valence-corrected chi connectivity index (χ3v) is 0.775. The number of thiol groups is 2. The molecule has 0 saturated heterocycles. The molecule has 1 N–H and O–H groups in total. The van der Waals surface area contributed by atoms with Gasteiger partial charge in [0.25, 0.3) is 0 Å². The summed E-state index contributed by atoms with van der Waals surface area (Å²) < 4.78 is 0. The number of hydrogen-bond donors (Lipinski definition) is 3. The molecule has 15 heavy (non-hydrogen) atoms. The second-order valence-electron chi connectivity index (χ2n) is 1.33. The van der Waals surface area contributed by atoms with Crippen LogP contribution in [0.4, 0.5) is 4.79 Å². The van der Waals surface area contributed by atoms with E-state index >= 15 is 0 Å². The molecule has 0 aromatic heterocycles. The van der Waals surface area contributed by atoms with E-state index < -0.39 is 18.1 Å². The normalized spacial score (nSPS) is 6.53. The van der Waals surface area contributed by atoms with Crippen molar-refractivity contribution in [2.45, 2.75) is 0 Å². The number of carbonyl (C=O) groups excluding carboxylic acids is 2. The van der Waals surface area contributed by atoms with Gasteiger partial charge in [0.15, 0.2) is 0 Å². The summed E-state index contributed by atoms with van der Waals surface area (Å²) in [6.45, 7) is 0. The first-order valence-corrected chi connectivity index (χ1v) is 4.05. The Morgan fingerprint density at radius 2 is 1.00 bits per heavy atom. The number of carbonyl (C=O) groups is 3. The monoisotopic (exact) mass is 364 g/mol. The molecule has 7 nitrogen and oxygen atoms in total. The van der Waals surface area contributed by atoms with Gasteiger partial charge >= 0.3 is 23.9 Å². The van der Waals surface area contributed by atoms with Crippen LogP contribution in [0, 0.1) is 0 Å². The van der Waals surface area contributed by atoms with E-state index in [1.165, 1.54) is 0 Å². The Bertz CT molecular complexity index is 168. The van der Waals surface area contributed by atoms with Crippen LogP contribution in [0.5, 0.6) is 0 Å². The van der Waals surface area contributed by atoms with Crippen LogP contribution >= 0.6 is 25.3 Å². The summed E-state index contributed by atoms with van der Waals surface area (Å²) in [6.07, 6.45) is -2.08. The maximum absolute atomic E-state index is 9.18. The summed E-state index contributed by atoms with van der Waals surface area (Å²) in [5.41, 5.74) is 0. The molecular weight excluding hydrogens is 355 g/mol. The molecule has 86 valence electrons. The number of rotatable bonds is 2. The van der Waals surface area contributed by atoms with Crippen LogP contribution in [0.3, 0.4) is 0 Å². The summed E-state index contributed by atoms with van der Waals surface area (Å²) in [5, 5.41) is 33.7. The minimum atomic E-state index is -2.08. The van der Waals surface area contributed by atoms with Gasteiger partial charge in [-0.15, -0.1) is 0 Å². The first-order chi connectivity index (χ1) is 6.27. The average Bonchev–Trinajstić information content (AvgIpc) is 2.04. The van der Waals surface area contributed by atoms with Crippen molar-refractivity contribution in [2.24, 2.45) is 0 Å². The van der Waals surface area contributed by atoms with Gasteiger partial charge in [-0.05, 0) is 0 Å². The fourth-order valence-corrected chi connectivity index (χ4v) is 0. The summed E-state index contributed by atoms with van der Waals surface area (Å²) in [4.78, 5) is 26.8. The first kappa shape index (κ1) is 24.1. The molecule has 10 heteroatoms. The van der Waals surface area contributed by atoms with Gasteiger partial charge in [0.05, 0.1) is 11.9 Å². The van der Waals surface area contributed by atoms with E-state index in [0.717, 1.165) is 0 Å². The van der Waals surface area contributed by atoms with Gasteiger partial charge in [-0.2, -0.15) is 25.3 Å². The van der Waals surface area contributed by atoms with Crippen molar-refractivity contribution in [3.8, 4) is 0 Å². The molecule has 0 aliphatic heterocycles. The second kappa shape index (κ2) is 19.3. The van der Waals surface area contributed by atoms with E-state index in [0.29, 0.717) is 0 Å². The second-order valence-corrected chi connectivity index (χ2v) is 1.96. The molecular formula is C5H8O7S2Sn. The molecule has 0 spiro atoms. The summed E-state index contributed by atoms with van der Waals surface area (Å²) in [6, 6.07) is 0. The van der Waals surface area contributed by atoms with Gasteiger partial charge in [0.1, 0.15) is 0 Å². The Morgan fingerprint density at radius 3 is 1.00 bits per heavy atom. The van der Waals surface area contributed by atoms with Crippen molar-refractivity contribution in [1.82, 2.24) is 0 Å². The van der Waals surface area contributed by atoms with Gasteiger partial charge in [-0.25, -0.2) is 0 Å². The van der Waals surface area contributed by atoms with Crippen LogP contribution in [0.15, 0.2) is 0 Å². The van der Waals surface area contributed by atoms with Crippen LogP contribution < -0.4 is 15.3 Å². The molecule has 0 saturated carbocycles. The Morgan fingerprint density at radius 1 is 0.933 bits per heavy atom. The van der Waals surface area contributed by atoms with Crippen molar-refractivity contribution in [3.05, 3.63) is 0 Å². The average molecular weight is 363 g/mol. The van der Waals surface area contributed by atoms with Crippen LogP contribution in [0.1, 0.15) is 0 Å². The van der Waals surface area contributed by atoms with Crippen molar-refractivity contribution < 1.29 is 34.8 Å². The Labute approximate surface area is 113 Å². The number of carboxylic acids is 2. The summed E-state index contributed by atoms with van der Waals surface area (Å²) >= 11 is 6.71. The first-order valence-electron chi connectivity index (χ1n) is 2.79. The number of carboxylic acid groups (broad SMARTS) is 4. The minimum absolute atomic E-state index is 0. The fourth-order valence-electron chi connectivity index (χ4n) is 0. The van der Waals surface area contributed by atoms with E-state index in [1.54, 1.807) is 0 Å². The van der Waals surface area contributed by atoms with Gasteiger partial charge in [0.2, 0.25) is 6.16 Å². The predicted octanol–water partition coefficient (Wildman–Crippen LogP) is -4.43. The Kier molecular flexibility index (Phi) is 31.0. The fraction of sp³-hybridized carbons (Fsp3) is 0.400. The predicted molar refractivity (Wildman–Crippen MR) is 52.9 cm³/mol. The zero-order valence-electron chi connectivity index (χ0n) is 7.28. The topological polar surface area (TPSA) is 141 Å². The summed E-state index contributed by atoms with van der Waals surface area (Å²) in [7, 11) is 0. The number of aliphatic carboxylic acids is 2. The zero-order valence-corrected chi connectivity index (χ0v) is 12.4. The standard InChI is InChI=1S/2C2H4O2S.CH2O3.Sn.H/c2*3-2(4)1-5;2-1(3)4;;/h2*5H,1H2,(H,3,4);(H2,2,3,4);;/q;;;+3;/p-3. The molecule has 0 amide bonds. The zero-order chi connectivity index (χ0) is 12.1. The van der Waals surface area contributed by atoms with E-state index in [1.807, 2.05) is 0 Å². The molecule has 0 aliphatic rings. The molecule has 0 rings (SSSR count). The van der Waals surface area contributed by atoms with Crippen LogP contribution in [0.2, 0.25) is 0 Å². The van der Waals surface area contributed by atoms with Crippen LogP contribution in [-0.4, -0.2) is 58.6 Å². The SMILES string of the molecule is O=C([O-])CS.O=C([O-])CS.O=C([O-])O.[SnH+3].